The van der Waals surface area contributed by atoms with Gasteiger partial charge in [-0.2, -0.15) is 0 Å². The number of carbonyl (C=O) groups is 1. The average molecular weight is 249 g/mol. The van der Waals surface area contributed by atoms with Crippen LogP contribution in [0, 0.1) is 5.41 Å². The number of hydrogen-bond acceptors (Lipinski definition) is 4. The van der Waals surface area contributed by atoms with Crippen molar-refractivity contribution in [1.82, 2.24) is 15.6 Å². The van der Waals surface area contributed by atoms with Gasteiger partial charge in [0.2, 0.25) is 11.8 Å². The molecule has 1 atom stereocenters. The van der Waals surface area contributed by atoms with Crippen LogP contribution in [-0.2, 0) is 11.3 Å². The minimum atomic E-state index is -0.278. The number of rotatable bonds is 4. The Morgan fingerprint density at radius 3 is 3.00 bits per heavy atom. The van der Waals surface area contributed by atoms with Gasteiger partial charge in [-0.05, 0) is 25.5 Å². The molecule has 1 aromatic rings. The Morgan fingerprint density at radius 2 is 2.44 bits per heavy atom. The first-order valence-corrected chi connectivity index (χ1v) is 6.12. The van der Waals surface area contributed by atoms with Crippen molar-refractivity contribution in [2.24, 2.45) is 5.41 Å². The molecule has 1 saturated heterocycles. The van der Waals surface area contributed by atoms with Crippen LogP contribution >= 0.6 is 0 Å². The minimum absolute atomic E-state index is 0.100. The number of amides is 1. The van der Waals surface area contributed by atoms with Crippen LogP contribution < -0.4 is 15.4 Å². The first-order valence-electron chi connectivity index (χ1n) is 6.12. The van der Waals surface area contributed by atoms with E-state index in [4.69, 9.17) is 4.74 Å². The standard InChI is InChI=1S/C13H19N3O2/c1-13(5-6-14-9-13)12(17)16-8-10-3-4-11(18-2)15-7-10/h3-4,7,14H,5-6,8-9H2,1-2H3,(H,16,17). The molecular formula is C13H19N3O2. The number of pyridine rings is 1. The summed E-state index contributed by atoms with van der Waals surface area (Å²) in [7, 11) is 1.58. The molecule has 1 aromatic heterocycles. The van der Waals surface area contributed by atoms with Crippen LogP contribution in [0.25, 0.3) is 0 Å². The van der Waals surface area contributed by atoms with E-state index in [0.717, 1.165) is 25.1 Å². The van der Waals surface area contributed by atoms with Gasteiger partial charge in [-0.3, -0.25) is 4.79 Å². The van der Waals surface area contributed by atoms with Gasteiger partial charge in [-0.1, -0.05) is 6.07 Å². The molecule has 1 aliphatic heterocycles. The number of aromatic nitrogens is 1. The number of methoxy groups -OCH3 is 1. The summed E-state index contributed by atoms with van der Waals surface area (Å²) in [5, 5.41) is 6.18. The second kappa shape index (κ2) is 5.35. The smallest absolute Gasteiger partial charge is 0.227 e. The normalized spacial score (nSPS) is 22.8. The fraction of sp³-hybridized carbons (Fsp3) is 0.538. The lowest BCUT2D eigenvalue weighted by Gasteiger charge is -2.21. The molecule has 0 saturated carbocycles. The molecule has 1 amide bonds. The number of ether oxygens (including phenoxy) is 1. The zero-order chi connectivity index (χ0) is 13.0. The van der Waals surface area contributed by atoms with Crippen molar-refractivity contribution in [3.8, 4) is 5.88 Å². The fourth-order valence-electron chi connectivity index (χ4n) is 2.04. The van der Waals surface area contributed by atoms with E-state index in [1.54, 1.807) is 19.4 Å². The molecule has 5 nitrogen and oxygen atoms in total. The third-order valence-electron chi connectivity index (χ3n) is 3.38. The Morgan fingerprint density at radius 1 is 1.61 bits per heavy atom. The predicted molar refractivity (Wildman–Crippen MR) is 68.2 cm³/mol. The summed E-state index contributed by atoms with van der Waals surface area (Å²) in [4.78, 5) is 16.2. The van der Waals surface area contributed by atoms with Crippen LogP contribution in [0.3, 0.4) is 0 Å². The Bertz CT molecular complexity index is 411. The van der Waals surface area contributed by atoms with Crippen molar-refractivity contribution in [1.29, 1.82) is 0 Å². The second-order valence-electron chi connectivity index (χ2n) is 4.88. The average Bonchev–Trinajstić information content (AvgIpc) is 2.85. The number of carbonyl (C=O) groups excluding carboxylic acids is 1. The van der Waals surface area contributed by atoms with E-state index in [9.17, 15) is 4.79 Å². The molecule has 0 aliphatic carbocycles. The summed E-state index contributed by atoms with van der Waals surface area (Å²) in [5.74, 6) is 0.681. The summed E-state index contributed by atoms with van der Waals surface area (Å²) in [5.41, 5.74) is 0.693. The molecule has 98 valence electrons. The van der Waals surface area contributed by atoms with Gasteiger partial charge in [0, 0.05) is 25.4 Å². The highest BCUT2D eigenvalue weighted by molar-refractivity contribution is 5.82. The minimum Gasteiger partial charge on any atom is -0.481 e. The molecule has 0 bridgehead atoms. The van der Waals surface area contributed by atoms with Gasteiger partial charge in [-0.25, -0.2) is 4.98 Å². The summed E-state index contributed by atoms with van der Waals surface area (Å²) >= 11 is 0. The van der Waals surface area contributed by atoms with Gasteiger partial charge >= 0.3 is 0 Å². The molecule has 1 unspecified atom stereocenters. The second-order valence-corrected chi connectivity index (χ2v) is 4.88. The monoisotopic (exact) mass is 249 g/mol. The molecule has 0 spiro atoms. The molecule has 2 rings (SSSR count). The van der Waals surface area contributed by atoms with Crippen molar-refractivity contribution >= 4 is 5.91 Å². The Kier molecular flexibility index (Phi) is 3.81. The van der Waals surface area contributed by atoms with Gasteiger partial charge in [0.1, 0.15) is 0 Å². The lowest BCUT2D eigenvalue weighted by Crippen LogP contribution is -2.40. The lowest BCUT2D eigenvalue weighted by atomic mass is 9.89. The SMILES string of the molecule is COc1ccc(CNC(=O)C2(C)CCNC2)cn1. The van der Waals surface area contributed by atoms with Gasteiger partial charge < -0.3 is 15.4 Å². The largest absolute Gasteiger partial charge is 0.481 e. The fourth-order valence-corrected chi connectivity index (χ4v) is 2.04. The van der Waals surface area contributed by atoms with Crippen molar-refractivity contribution in [3.05, 3.63) is 23.9 Å². The molecule has 0 aromatic carbocycles. The predicted octanol–water partition coefficient (Wildman–Crippen LogP) is 0.706. The van der Waals surface area contributed by atoms with E-state index in [1.165, 1.54) is 0 Å². The van der Waals surface area contributed by atoms with E-state index in [2.05, 4.69) is 15.6 Å². The van der Waals surface area contributed by atoms with Crippen molar-refractivity contribution in [2.75, 3.05) is 20.2 Å². The third kappa shape index (κ3) is 2.79. The zero-order valence-corrected chi connectivity index (χ0v) is 10.8. The Balaban J connectivity index is 1.88. The quantitative estimate of drug-likeness (QED) is 0.825. The highest BCUT2D eigenvalue weighted by atomic mass is 16.5. The topological polar surface area (TPSA) is 63.2 Å². The van der Waals surface area contributed by atoms with E-state index >= 15 is 0 Å². The van der Waals surface area contributed by atoms with E-state index in [-0.39, 0.29) is 11.3 Å². The maximum absolute atomic E-state index is 12.1. The number of nitrogens with zero attached hydrogens (tertiary/aromatic N) is 1. The summed E-state index contributed by atoms with van der Waals surface area (Å²) in [6.07, 6.45) is 2.61. The molecular weight excluding hydrogens is 230 g/mol. The lowest BCUT2D eigenvalue weighted by molar-refractivity contribution is -0.129. The van der Waals surface area contributed by atoms with E-state index < -0.39 is 0 Å². The molecule has 2 heterocycles. The van der Waals surface area contributed by atoms with Crippen LogP contribution in [0.4, 0.5) is 0 Å². The molecule has 5 heteroatoms. The molecule has 2 N–H and O–H groups in total. The van der Waals surface area contributed by atoms with Crippen LogP contribution in [0.1, 0.15) is 18.9 Å². The van der Waals surface area contributed by atoms with Gasteiger partial charge in [-0.15, -0.1) is 0 Å². The molecule has 1 fully saturated rings. The van der Waals surface area contributed by atoms with Gasteiger partial charge in [0.05, 0.1) is 12.5 Å². The summed E-state index contributed by atoms with van der Waals surface area (Å²) in [6.45, 7) is 4.16. The van der Waals surface area contributed by atoms with Crippen molar-refractivity contribution < 1.29 is 9.53 Å². The highest BCUT2D eigenvalue weighted by Gasteiger charge is 2.35. The maximum atomic E-state index is 12.1. The van der Waals surface area contributed by atoms with Crippen molar-refractivity contribution in [2.45, 2.75) is 19.9 Å². The maximum Gasteiger partial charge on any atom is 0.227 e. The van der Waals surface area contributed by atoms with Crippen LogP contribution in [-0.4, -0.2) is 31.1 Å². The molecule has 1 aliphatic rings. The first-order chi connectivity index (χ1) is 8.64. The number of hydrogen-bond donors (Lipinski definition) is 2. The Labute approximate surface area is 107 Å². The van der Waals surface area contributed by atoms with Crippen LogP contribution in [0.5, 0.6) is 5.88 Å². The molecule has 0 radical (unpaired) electrons. The van der Waals surface area contributed by atoms with E-state index in [1.807, 2.05) is 13.0 Å². The van der Waals surface area contributed by atoms with Gasteiger partial charge in [0.25, 0.3) is 0 Å². The first kappa shape index (κ1) is 12.8. The summed E-state index contributed by atoms with van der Waals surface area (Å²) < 4.78 is 4.99. The zero-order valence-electron chi connectivity index (χ0n) is 10.8. The molecule has 18 heavy (non-hydrogen) atoms. The van der Waals surface area contributed by atoms with Crippen molar-refractivity contribution in [3.63, 3.8) is 0 Å². The van der Waals surface area contributed by atoms with Crippen LogP contribution in [0.2, 0.25) is 0 Å². The summed E-state index contributed by atoms with van der Waals surface area (Å²) in [6, 6.07) is 3.70. The van der Waals surface area contributed by atoms with Crippen LogP contribution in [0.15, 0.2) is 18.3 Å². The van der Waals surface area contributed by atoms with E-state index in [0.29, 0.717) is 12.4 Å². The number of nitrogens with one attached hydrogen (secondary N) is 2. The van der Waals surface area contributed by atoms with Gasteiger partial charge in [0.15, 0.2) is 0 Å². The third-order valence-corrected chi connectivity index (χ3v) is 3.38. The Hall–Kier alpha value is -1.62. The highest BCUT2D eigenvalue weighted by Crippen LogP contribution is 2.24.